The second kappa shape index (κ2) is 73.8. The van der Waals surface area contributed by atoms with Crippen molar-refractivity contribution >= 4 is 25.1 Å². The van der Waals surface area contributed by atoms with Crippen LogP contribution in [0.3, 0.4) is 0 Å². The first-order valence-corrected chi connectivity index (χ1v) is 40.1. The lowest BCUT2D eigenvalue weighted by molar-refractivity contribution is -0.126. The number of hydrogen-bond acceptors (Lipinski definition) is 11. The zero-order valence-corrected chi connectivity index (χ0v) is 76.0. The molecule has 144 heavy (non-hydrogen) atoms. The lowest BCUT2D eigenvalue weighted by atomic mass is 9.91. The molecule has 0 saturated carbocycles. The Kier molecular flexibility index (Phi) is 15.6. The zero-order valence-electron chi connectivity index (χ0n) is 211. The fourth-order valence-electron chi connectivity index (χ4n) is 8.29. The predicted molar refractivity (Wildman–Crippen MR) is 606 cm³/mol. The summed E-state index contributed by atoms with van der Waals surface area (Å²) in [6.07, 6.45) is -48.6. The lowest BCUT2D eigenvalue weighted by Gasteiger charge is -2.34. The SMILES string of the molecule is [2H]C([2H])(O)C([2H])([2H])O.[2H]C([2H])([2H])N(C)P(=O)(N(C)C)N(C([2H])([2H])[2H])C([2H])([2H])[2H].[2H]C([2H])([2H])N1C(=C)C([2H])([2H])C([2H])([2H])C1([2H])[2H].[2H]C([2H])([2H])N1CCCC1=O.[2H]C([2H])([2H])OC([2H])([2H])C([2H])([2H])OC.[2H]c1c([2H])c(C([2H])([2H])C)c([2H])c([2H])c1C([2H])([2H])[2H].[2H]c1c([2H])c([2H])c(C([2H])(C)C([2H])([2H])[2H])c([2H])c1[2H].[2H]c1c([2H])c([2H])c(C([2H])([2H])c2c([2H])c([2H])c([2H])c(C([2H])([2H])[2H])c2[2H])c([2H])c1[2H].[2H]c1c([2H])c([2H])c(C([2H])([2H])c2c([2H])c([2H])c([2H])c([2H])c2[2H])c([2H])c1[2H].[2H]c1c([2H])c([2H])c(OC([2H])([2H])[2H])c([2H])c1[2H].[2H]c1c([2H])c([2H])c(Oc2c([2H])c([2H])c([2H])c(C([2H])([2H])[2H])c2[2H])c([2H])c1[2H].[2H]c1c([2H])c([2H])c2c(c1[2H])C(=O)C([2H])([2H])C([2H])([2H])C2([2H])[2H].[2H]c1c([2H])c([2H])c2c(c1[2H])C([2H])([2H])C(=O)C([2H])([2H])C2([2H])[2H].[2H]c1c([2H])c([2H])c2c(c1[2H])C([2H])([2H])C([2H])([2H])C([2H])([2H])C2([2H])[2H].[2H]c1c([2H])c([2H])c2c(c1[2H])C([2H])([2H])CCC2([2H])[2H]. The summed E-state index contributed by atoms with van der Waals surface area (Å²) in [5, 5.41) is 16.1. The van der Waals surface area contributed by atoms with Crippen LogP contribution in [-0.2, 0) is 87.4 Å². The number of methoxy groups -OCH3 is 3. The summed E-state index contributed by atoms with van der Waals surface area (Å²) >= 11 is 0. The van der Waals surface area contributed by atoms with E-state index in [-0.39, 0.29) is 39.4 Å². The van der Waals surface area contributed by atoms with Gasteiger partial charge < -0.3 is 39.0 Å². The first-order valence-electron chi connectivity index (χ1n) is 107. The molecule has 2 aliphatic heterocycles. The van der Waals surface area contributed by atoms with Crippen molar-refractivity contribution in [2.75, 3.05) is 116 Å². The molecule has 13 aromatic carbocycles. The van der Waals surface area contributed by atoms with Crippen molar-refractivity contribution in [1.82, 2.24) is 23.8 Å². The topological polar surface area (TPSA) is 162 Å². The fraction of sp³-hybridized carbons (Fsp3) is 0.352. The summed E-state index contributed by atoms with van der Waals surface area (Å²) in [4.78, 5) is 35.9. The van der Waals surface area contributed by atoms with E-state index in [0.29, 0.717) is 24.1 Å². The number of fused-ring (bicyclic) bond motifs is 4. The molecular weight excluding hydrogens is 1800 g/mol. The van der Waals surface area contributed by atoms with Gasteiger partial charge in [-0.05, 0) is 291 Å². The molecule has 2 fully saturated rings. The zero-order chi connectivity index (χ0) is 223. The van der Waals surface area contributed by atoms with E-state index in [4.69, 9.17) is 201 Å². The number of rotatable bonds is 16. The fourth-order valence-corrected chi connectivity index (χ4v) is 9.46. The normalized spacial score (nSPS) is 34.3. The number of carbonyl (C=O) groups excluding carboxylic acids is 3. The number of allylic oxidation sites excluding steroid dienone is 1. The molecule has 13 aromatic rings. The molecule has 0 bridgehead atoms. The van der Waals surface area contributed by atoms with Gasteiger partial charge in [0.15, 0.2) is 5.78 Å². The Morgan fingerprint density at radius 1 is 0.438 bits per heavy atom. The third-order valence-corrected chi connectivity index (χ3v) is 16.8. The summed E-state index contributed by atoms with van der Waals surface area (Å²) < 4.78 is 1050. The quantitative estimate of drug-likeness (QED) is 0.0879. The minimum absolute atomic E-state index is 0.0882. The van der Waals surface area contributed by atoms with Gasteiger partial charge in [0.2, 0.25) is 5.91 Å². The summed E-state index contributed by atoms with van der Waals surface area (Å²) in [5.74, 6) is -7.82. The molecule has 2 atom stereocenters. The molecule has 6 aliphatic rings. The molecule has 19 rings (SSSR count). The van der Waals surface area contributed by atoms with Crippen LogP contribution in [0.25, 0.3) is 0 Å². The van der Waals surface area contributed by atoms with Gasteiger partial charge in [0.25, 0.3) is 7.59 Å². The molecule has 0 aromatic heterocycles. The van der Waals surface area contributed by atoms with Crippen molar-refractivity contribution in [1.29, 1.82) is 0 Å². The summed E-state index contributed by atoms with van der Waals surface area (Å²) in [6, 6.07) is -43.9. The predicted octanol–water partition coefficient (Wildman–Crippen LogP) is 28.3. The van der Waals surface area contributed by atoms with E-state index in [2.05, 4.69) is 20.8 Å². The van der Waals surface area contributed by atoms with Gasteiger partial charge in [-0.1, -0.05) is 353 Å². The average Bonchev–Trinajstić information content (AvgIpc) is 0.691. The highest BCUT2D eigenvalue weighted by atomic mass is 31.2. The van der Waals surface area contributed by atoms with E-state index < -0.39 is 699 Å². The van der Waals surface area contributed by atoms with Crippen LogP contribution >= 0.6 is 7.59 Å². The van der Waals surface area contributed by atoms with Crippen LogP contribution in [0.5, 0.6) is 17.2 Å². The Hall–Kier alpha value is -12.2. The Balaban J connectivity index is 0.000000518. The van der Waals surface area contributed by atoms with E-state index in [1.807, 2.05) is 0 Å². The minimum atomic E-state index is -4.54. The lowest BCUT2D eigenvalue weighted by Crippen LogP contribution is -2.30. The third-order valence-electron chi connectivity index (χ3n) is 14.4. The smallest absolute Gasteiger partial charge is 0.285 e. The summed E-state index contributed by atoms with van der Waals surface area (Å²) in [6.45, 7) is -35.7. The molecule has 16 heteroatoms. The molecule has 0 spiro atoms. The first-order chi connectivity index (χ1) is 124. The minimum Gasteiger partial charge on any atom is -0.497 e. The maximum absolute atomic E-state index is 13.0. The second-order valence-corrected chi connectivity index (χ2v) is 27.3. The van der Waals surface area contributed by atoms with Crippen molar-refractivity contribution in [2.24, 2.45) is 0 Å². The maximum Gasteiger partial charge on any atom is 0.285 e. The van der Waals surface area contributed by atoms with Crippen molar-refractivity contribution in [3.63, 3.8) is 0 Å². The van der Waals surface area contributed by atoms with E-state index in [0.717, 1.165) is 51.7 Å². The van der Waals surface area contributed by atoms with Gasteiger partial charge in [-0.2, -0.15) is 0 Å². The van der Waals surface area contributed by atoms with Gasteiger partial charge >= 0.3 is 0 Å². The average molecular weight is 2100 g/mol. The van der Waals surface area contributed by atoms with Gasteiger partial charge in [-0.15, -0.1) is 0 Å². The van der Waals surface area contributed by atoms with Gasteiger partial charge in [0, 0.05) is 166 Å². The number of amides is 1. The molecular formula is C128H168N5O10P. The van der Waals surface area contributed by atoms with Crippen LogP contribution in [0.15, 0.2) is 363 Å². The number of Topliss-reactive ketones (excluding diaryl/α,β-unsaturated/α-hetero) is 2. The van der Waals surface area contributed by atoms with E-state index in [1.54, 1.807) is 0 Å². The number of benzene rings is 13. The van der Waals surface area contributed by atoms with Gasteiger partial charge in [-0.3, -0.25) is 18.9 Å². The maximum atomic E-state index is 13.0. The summed E-state index contributed by atoms with van der Waals surface area (Å²) in [7, 11) is -6.26. The third kappa shape index (κ3) is 51.3. The van der Waals surface area contributed by atoms with Crippen molar-refractivity contribution in [2.45, 2.75) is 181 Å². The Morgan fingerprint density at radius 3 is 1.35 bits per heavy atom. The highest BCUT2D eigenvalue weighted by Crippen LogP contribution is 2.50. The number of ketones is 2. The number of likely N-dealkylation sites (tertiary alicyclic amines) is 2. The summed E-state index contributed by atoms with van der Waals surface area (Å²) in [5.41, 5.74) is -13.0. The number of ether oxygens (including phenoxy) is 4. The van der Waals surface area contributed by atoms with Crippen LogP contribution in [0, 0.1) is 20.6 Å². The Morgan fingerprint density at radius 2 is 0.896 bits per heavy atom. The molecule has 2 saturated heterocycles. The number of para-hydroxylation sites is 2. The van der Waals surface area contributed by atoms with Gasteiger partial charge in [-0.25, -0.2) is 14.0 Å². The molecule has 1 amide bonds. The number of aliphatic hydroxyl groups is 2. The number of nitrogens with zero attached hydrogens (tertiary/aromatic N) is 5. The monoisotopic (exact) mass is 2100 g/mol. The van der Waals surface area contributed by atoms with E-state index in [1.165, 1.54) is 0 Å². The van der Waals surface area contributed by atoms with Crippen LogP contribution < -0.4 is 9.47 Å². The Bertz CT molecular complexity index is 12600. The van der Waals surface area contributed by atoms with E-state index >= 15 is 0 Å². The van der Waals surface area contributed by atoms with Crippen LogP contribution in [0.2, 0.25) is 0 Å². The number of hydrogen-bond donors (Lipinski definition) is 2. The molecule has 2 unspecified atom stereocenters. The second-order valence-electron chi connectivity index (χ2n) is 24.4. The molecule has 15 nitrogen and oxygen atoms in total. The Labute approximate surface area is 1060 Å². The standard InChI is InChI=1S/C14H14.C13H12O.C13H12.2C10H10O.2C10H12.2C9H12.C7H8O.C6H18N3OP.C6H11N.C5H9NO.C4H10O2.C2H6O2/c1-12-6-5-9-14(10-12)11-13-7-3-2-4-8-13;1-11-6-5-9-13(10-11)14-12-7-3-2-4-8-12;1-3-7-12(8-4-1)11-13-9-5-2-6-10-13;11-10-7-3-5-8-4-1-2-6-9(8)10;11-10-6-5-8-3-1-2-4-9(8)7-10;2*1-2-6-10-8-4-3-7-9(10)5-1;1-8(2)9-6-4-3-5-7-9;1-3-9-6-4-8(2)5-7-9;1-8-7-5-3-2-4-6-7;1-7(2)11(10,8(3)4)9(5)6;1-6-4-3-5-7(6)2;1-6-4-2-3-5(6)7;1-5-3-4-6-2;3-1-2-4/h2-10H,11H2,1H3;2-10H,1H3;1-10H,11H2;1-2,4,6H,3,5,7H2;1-4H,5-7H2;2*1-2,5-6H,3-4,7-8H2;3-8H,1-2H3;4-7H,3H2,1-2H3;2-6H,1H3;1-6H3;1,3-5H2,2H3;2-4H2,1H3;3-4H2,1-2H3;3-4H,1-2H2/i1D3,2D,3D,4D,5D,6D,7D,8D,9D,10D,11D2;1D3,2D,3D,4D,5D,6D,7D,8D,9D,10D;1D,2D,3D,4D,5D,6D,7D,8D,9D,10D,11D2;1D,2D,3D2,4D,5D2,6D,7D2;1D,2D,3D,4D,5D2,6D2,7D2;1D,2D,3D2,4D2,5D,6D,7D2,8D2;1D,2D,5D,6D,7D2,8D2;1D3,3D,4D,5D,6D,7D,8D;2D3,3D2,4D,5D,6D,7D;1D3,2D,3D,4D,5D,6D;1D3,2D3,3D3;2D3,3D2,4D2,5D2;1D3;1D3,3D2,4D2;1D2,2D2. The highest BCUT2D eigenvalue weighted by molar-refractivity contribution is 7.56. The van der Waals surface area contributed by atoms with Crippen molar-refractivity contribution in [3.8, 4) is 17.2 Å². The molecule has 0 radical (unpaired) electrons. The van der Waals surface area contributed by atoms with Crippen LogP contribution in [0.1, 0.15) is 383 Å². The number of carbonyl (C=O) groups is 3. The highest BCUT2D eigenvalue weighted by Gasteiger charge is 2.30. The van der Waals surface area contributed by atoms with Gasteiger partial charge in [0.1, 0.15) is 23.0 Å². The first kappa shape index (κ1) is 30.5. The van der Waals surface area contributed by atoms with Gasteiger partial charge in [0.05, 0.1) is 132 Å². The van der Waals surface area contributed by atoms with Crippen LogP contribution in [-0.4, -0.2) is 168 Å². The van der Waals surface area contributed by atoms with Crippen molar-refractivity contribution in [3.05, 3.63) is 457 Å². The van der Waals surface area contributed by atoms with E-state index in [9.17, 15) is 18.9 Å². The molecule has 2 heterocycles. The van der Waals surface area contributed by atoms with Crippen molar-refractivity contribution < 1.29 is 235 Å². The molecule has 4 aliphatic carbocycles. The van der Waals surface area contributed by atoms with Crippen LogP contribution in [0.4, 0.5) is 0 Å². The largest absolute Gasteiger partial charge is 0.497 e. The molecule has 770 valence electrons. The molecule has 2 N–H and O–H groups in total.